The molecule has 140 valence electrons. The summed E-state index contributed by atoms with van der Waals surface area (Å²) in [6, 6.07) is 16.6. The molecule has 3 rings (SSSR count). The predicted octanol–water partition coefficient (Wildman–Crippen LogP) is 6.42. The van der Waals surface area contributed by atoms with E-state index in [1.807, 2.05) is 12.1 Å². The van der Waals surface area contributed by atoms with Gasteiger partial charge < -0.3 is 10.6 Å². The Morgan fingerprint density at radius 3 is 2.04 bits per heavy atom. The summed E-state index contributed by atoms with van der Waals surface area (Å²) < 4.78 is 0. The van der Waals surface area contributed by atoms with Crippen molar-refractivity contribution in [3.63, 3.8) is 0 Å². The predicted molar refractivity (Wildman–Crippen MR) is 122 cm³/mol. The van der Waals surface area contributed by atoms with Gasteiger partial charge in [0.15, 0.2) is 5.82 Å². The lowest BCUT2D eigenvalue weighted by atomic mass is 10.1. The highest BCUT2D eigenvalue weighted by atomic mass is 32.1. The molecule has 0 aliphatic carbocycles. The summed E-state index contributed by atoms with van der Waals surface area (Å²) in [6.45, 7) is 10.6. The van der Waals surface area contributed by atoms with Crippen LogP contribution >= 0.6 is 23.6 Å². The normalized spacial score (nSPS) is 11.3. The topological polar surface area (TPSA) is 37.0 Å². The molecule has 27 heavy (non-hydrogen) atoms. The third kappa shape index (κ3) is 5.15. The summed E-state index contributed by atoms with van der Waals surface area (Å²) in [6.07, 6.45) is 0. The Labute approximate surface area is 170 Å². The number of nitrogens with zero attached hydrogens (tertiary/aromatic N) is 1. The number of aryl methyl sites for hydroxylation is 2. The third-order valence-electron chi connectivity index (χ3n) is 3.96. The molecule has 1 aromatic heterocycles. The van der Waals surface area contributed by atoms with Gasteiger partial charge >= 0.3 is 0 Å². The quantitative estimate of drug-likeness (QED) is 0.499. The number of hydrogen-bond acceptors (Lipinski definition) is 4. The van der Waals surface area contributed by atoms with Gasteiger partial charge in [-0.15, -0.1) is 0 Å². The maximum absolute atomic E-state index is 5.62. The average Bonchev–Trinajstić information content (AvgIpc) is 2.96. The molecule has 0 saturated carbocycles. The summed E-state index contributed by atoms with van der Waals surface area (Å²) >= 11 is 7.26. The second-order valence-electron chi connectivity index (χ2n) is 7.76. The molecule has 0 saturated heterocycles. The fourth-order valence-electron chi connectivity index (χ4n) is 2.53. The first-order valence-electron chi connectivity index (χ1n) is 8.95. The highest BCUT2D eigenvalue weighted by molar-refractivity contribution is 7.81. The van der Waals surface area contributed by atoms with Crippen molar-refractivity contribution in [2.45, 2.75) is 40.2 Å². The molecule has 3 nitrogen and oxygen atoms in total. The van der Waals surface area contributed by atoms with Gasteiger partial charge in [0.1, 0.15) is 15.0 Å². The first kappa shape index (κ1) is 19.5. The van der Waals surface area contributed by atoms with E-state index in [0.29, 0.717) is 4.99 Å². The van der Waals surface area contributed by atoms with E-state index < -0.39 is 0 Å². The van der Waals surface area contributed by atoms with Crippen LogP contribution in [0.4, 0.5) is 10.8 Å². The zero-order valence-electron chi connectivity index (χ0n) is 16.4. The zero-order valence-corrected chi connectivity index (χ0v) is 18.0. The van der Waals surface area contributed by atoms with Crippen molar-refractivity contribution in [3.05, 3.63) is 65.2 Å². The van der Waals surface area contributed by atoms with Crippen LogP contribution in [0, 0.1) is 13.8 Å². The standard InChI is InChI=1S/C22H25N3S2/c1-14-6-10-16(11-7-14)19(26)23-18-21(25-22(3,4)5)27-20(24-18)17-12-8-15(2)9-13-17/h6-13,25H,1-5H3,(H,23,26). The van der Waals surface area contributed by atoms with Crippen LogP contribution in [0.5, 0.6) is 0 Å². The second-order valence-corrected chi connectivity index (χ2v) is 9.17. The van der Waals surface area contributed by atoms with Crippen LogP contribution in [0.3, 0.4) is 0 Å². The lowest BCUT2D eigenvalue weighted by Gasteiger charge is -2.21. The molecule has 0 amide bonds. The number of anilines is 2. The molecular formula is C22H25N3S2. The van der Waals surface area contributed by atoms with Gasteiger partial charge in [-0.25, -0.2) is 4.98 Å². The molecule has 0 spiro atoms. The lowest BCUT2D eigenvalue weighted by molar-refractivity contribution is 0.636. The van der Waals surface area contributed by atoms with E-state index in [2.05, 4.69) is 81.7 Å². The largest absolute Gasteiger partial charge is 0.369 e. The second kappa shape index (κ2) is 7.79. The number of nitrogens with one attached hydrogen (secondary N) is 2. The van der Waals surface area contributed by atoms with E-state index >= 15 is 0 Å². The van der Waals surface area contributed by atoms with Gasteiger partial charge in [-0.1, -0.05) is 83.2 Å². The highest BCUT2D eigenvalue weighted by Gasteiger charge is 2.19. The van der Waals surface area contributed by atoms with E-state index in [9.17, 15) is 0 Å². The fraction of sp³-hybridized carbons (Fsp3) is 0.273. The molecule has 3 aromatic rings. The highest BCUT2D eigenvalue weighted by Crippen LogP contribution is 2.37. The van der Waals surface area contributed by atoms with Crippen LogP contribution in [0.15, 0.2) is 48.5 Å². The van der Waals surface area contributed by atoms with Gasteiger partial charge in [-0.3, -0.25) is 0 Å². The number of thiocarbonyl (C=S) groups is 1. The molecule has 0 fully saturated rings. The van der Waals surface area contributed by atoms with Crippen LogP contribution in [0.25, 0.3) is 10.6 Å². The van der Waals surface area contributed by atoms with E-state index in [0.717, 1.165) is 27.0 Å². The van der Waals surface area contributed by atoms with Gasteiger partial charge in [0.25, 0.3) is 0 Å². The molecule has 2 aromatic carbocycles. The van der Waals surface area contributed by atoms with Crippen LogP contribution < -0.4 is 10.6 Å². The van der Waals surface area contributed by atoms with E-state index in [1.165, 1.54) is 11.1 Å². The monoisotopic (exact) mass is 395 g/mol. The molecule has 0 unspecified atom stereocenters. The Kier molecular flexibility index (Phi) is 5.63. The maximum Gasteiger partial charge on any atom is 0.166 e. The van der Waals surface area contributed by atoms with E-state index in [4.69, 9.17) is 17.2 Å². The molecule has 0 aliphatic heterocycles. The minimum absolute atomic E-state index is 0.0704. The minimum atomic E-state index is -0.0704. The summed E-state index contributed by atoms with van der Waals surface area (Å²) in [5.74, 6) is 0.774. The van der Waals surface area contributed by atoms with Gasteiger partial charge in [0.05, 0.1) is 0 Å². The molecule has 1 heterocycles. The van der Waals surface area contributed by atoms with E-state index in [1.54, 1.807) is 11.3 Å². The van der Waals surface area contributed by atoms with Gasteiger partial charge in [-0.2, -0.15) is 0 Å². The van der Waals surface area contributed by atoms with Gasteiger partial charge in [0, 0.05) is 16.7 Å². The smallest absolute Gasteiger partial charge is 0.166 e. The average molecular weight is 396 g/mol. The first-order chi connectivity index (χ1) is 12.7. The van der Waals surface area contributed by atoms with Gasteiger partial charge in [-0.05, 0) is 34.6 Å². The molecule has 0 atom stereocenters. The number of aromatic nitrogens is 1. The zero-order chi connectivity index (χ0) is 19.6. The van der Waals surface area contributed by atoms with Crippen LogP contribution in [0.1, 0.15) is 37.5 Å². The summed E-state index contributed by atoms with van der Waals surface area (Å²) in [4.78, 5) is 5.51. The number of thiazole rings is 1. The summed E-state index contributed by atoms with van der Waals surface area (Å²) in [5.41, 5.74) is 4.48. The van der Waals surface area contributed by atoms with Crippen molar-refractivity contribution in [2.24, 2.45) is 0 Å². The number of hydrogen-bond donors (Lipinski definition) is 2. The molecule has 5 heteroatoms. The Hall–Kier alpha value is -2.24. The Balaban J connectivity index is 1.93. The Morgan fingerprint density at radius 1 is 0.926 bits per heavy atom. The number of rotatable bonds is 4. The van der Waals surface area contributed by atoms with Crippen molar-refractivity contribution < 1.29 is 0 Å². The SMILES string of the molecule is Cc1ccc(C(=S)Nc2nc(-c3ccc(C)cc3)sc2NC(C)(C)C)cc1. The van der Waals surface area contributed by atoms with Crippen molar-refractivity contribution in [2.75, 3.05) is 10.6 Å². The van der Waals surface area contributed by atoms with Crippen molar-refractivity contribution in [1.29, 1.82) is 0 Å². The van der Waals surface area contributed by atoms with Crippen LogP contribution in [0.2, 0.25) is 0 Å². The molecule has 2 N–H and O–H groups in total. The molecule has 0 radical (unpaired) electrons. The Bertz CT molecular complexity index is 933. The van der Waals surface area contributed by atoms with Crippen LogP contribution in [-0.4, -0.2) is 15.5 Å². The van der Waals surface area contributed by atoms with Gasteiger partial charge in [0.2, 0.25) is 0 Å². The van der Waals surface area contributed by atoms with Crippen molar-refractivity contribution >= 4 is 39.4 Å². The summed E-state index contributed by atoms with van der Waals surface area (Å²) in [5, 5.41) is 8.85. The summed E-state index contributed by atoms with van der Waals surface area (Å²) in [7, 11) is 0. The lowest BCUT2D eigenvalue weighted by Crippen LogP contribution is -2.26. The van der Waals surface area contributed by atoms with Crippen molar-refractivity contribution in [1.82, 2.24) is 4.98 Å². The maximum atomic E-state index is 5.62. The number of benzene rings is 2. The van der Waals surface area contributed by atoms with Crippen LogP contribution in [-0.2, 0) is 0 Å². The Morgan fingerprint density at radius 2 is 1.48 bits per heavy atom. The minimum Gasteiger partial charge on any atom is -0.369 e. The first-order valence-corrected chi connectivity index (χ1v) is 10.2. The fourth-order valence-corrected chi connectivity index (χ4v) is 3.90. The third-order valence-corrected chi connectivity index (χ3v) is 5.32. The van der Waals surface area contributed by atoms with Crippen molar-refractivity contribution in [3.8, 4) is 10.6 Å². The molecule has 0 bridgehead atoms. The van der Waals surface area contributed by atoms with E-state index in [-0.39, 0.29) is 5.54 Å². The molecule has 0 aliphatic rings. The molecular weight excluding hydrogens is 370 g/mol.